The molecule has 0 unspecified atom stereocenters. The molecule has 114 valence electrons. The van der Waals surface area contributed by atoms with E-state index in [0.717, 1.165) is 5.56 Å². The lowest BCUT2D eigenvalue weighted by molar-refractivity contribution is -0.148. The Morgan fingerprint density at radius 1 is 1.33 bits per heavy atom. The molecule has 1 saturated heterocycles. The van der Waals surface area contributed by atoms with Crippen LogP contribution in [0.2, 0.25) is 0 Å². The molecular weight excluding hydrogens is 270 g/mol. The van der Waals surface area contributed by atoms with Crippen LogP contribution < -0.4 is 11.5 Å². The van der Waals surface area contributed by atoms with Gasteiger partial charge in [-0.3, -0.25) is 4.79 Å². The minimum absolute atomic E-state index is 0.259. The van der Waals surface area contributed by atoms with Crippen molar-refractivity contribution in [3.8, 4) is 0 Å². The number of nitrogens with two attached hydrogens (primary N) is 2. The number of rotatable bonds is 5. The lowest BCUT2D eigenvalue weighted by Gasteiger charge is -2.24. The van der Waals surface area contributed by atoms with Gasteiger partial charge in [0.1, 0.15) is 6.04 Å². The van der Waals surface area contributed by atoms with Gasteiger partial charge in [-0.05, 0) is 24.8 Å². The first-order valence-corrected chi connectivity index (χ1v) is 7.07. The van der Waals surface area contributed by atoms with Crippen molar-refractivity contribution in [3.63, 3.8) is 0 Å². The van der Waals surface area contributed by atoms with Gasteiger partial charge in [-0.15, -0.1) is 0 Å². The van der Waals surface area contributed by atoms with E-state index in [0.29, 0.717) is 12.8 Å². The van der Waals surface area contributed by atoms with Crippen molar-refractivity contribution in [1.82, 2.24) is 4.90 Å². The Kier molecular flexibility index (Phi) is 4.93. The summed E-state index contributed by atoms with van der Waals surface area (Å²) in [5.74, 6) is -1.35. The zero-order valence-electron chi connectivity index (χ0n) is 11.8. The van der Waals surface area contributed by atoms with Crippen molar-refractivity contribution >= 4 is 11.9 Å². The Morgan fingerprint density at radius 2 is 2.00 bits per heavy atom. The summed E-state index contributed by atoms with van der Waals surface area (Å²) >= 11 is 0. The highest BCUT2D eigenvalue weighted by Gasteiger charge is 2.39. The van der Waals surface area contributed by atoms with Crippen molar-refractivity contribution in [2.45, 2.75) is 37.4 Å². The Balaban J connectivity index is 1.94. The predicted molar refractivity (Wildman–Crippen MR) is 78.5 cm³/mol. The molecule has 21 heavy (non-hydrogen) atoms. The molecular formula is C15H21N3O3. The molecule has 0 saturated carbocycles. The number of nitrogens with zero attached hydrogens (tertiary/aromatic N) is 1. The van der Waals surface area contributed by atoms with Gasteiger partial charge in [0, 0.05) is 12.6 Å². The van der Waals surface area contributed by atoms with Gasteiger partial charge >= 0.3 is 5.97 Å². The largest absolute Gasteiger partial charge is 0.480 e. The summed E-state index contributed by atoms with van der Waals surface area (Å²) in [6, 6.07) is 7.90. The molecule has 6 heteroatoms. The van der Waals surface area contributed by atoms with Crippen molar-refractivity contribution in [2.24, 2.45) is 11.5 Å². The maximum Gasteiger partial charge on any atom is 0.326 e. The first kappa shape index (κ1) is 15.5. The molecule has 0 bridgehead atoms. The molecule has 1 aromatic rings. The van der Waals surface area contributed by atoms with Gasteiger partial charge in [-0.25, -0.2) is 4.79 Å². The fourth-order valence-electron chi connectivity index (χ4n) is 2.65. The number of carboxylic acids is 1. The van der Waals surface area contributed by atoms with E-state index in [2.05, 4.69) is 0 Å². The second kappa shape index (κ2) is 6.69. The number of hydrogen-bond acceptors (Lipinski definition) is 4. The van der Waals surface area contributed by atoms with Gasteiger partial charge in [-0.2, -0.15) is 0 Å². The van der Waals surface area contributed by atoms with Crippen LogP contribution in [0.15, 0.2) is 30.3 Å². The van der Waals surface area contributed by atoms with E-state index < -0.39 is 18.1 Å². The molecule has 0 aliphatic carbocycles. The van der Waals surface area contributed by atoms with Crippen LogP contribution >= 0.6 is 0 Å². The number of aryl methyl sites for hydroxylation is 1. The van der Waals surface area contributed by atoms with E-state index >= 15 is 0 Å². The van der Waals surface area contributed by atoms with Crippen molar-refractivity contribution in [3.05, 3.63) is 35.9 Å². The Bertz CT molecular complexity index is 506. The molecule has 5 N–H and O–H groups in total. The summed E-state index contributed by atoms with van der Waals surface area (Å²) in [5, 5.41) is 9.15. The topological polar surface area (TPSA) is 110 Å². The van der Waals surface area contributed by atoms with Crippen LogP contribution in [-0.4, -0.2) is 46.6 Å². The molecule has 1 fully saturated rings. The van der Waals surface area contributed by atoms with Crippen LogP contribution in [0, 0.1) is 0 Å². The molecule has 1 amide bonds. The third-order valence-corrected chi connectivity index (χ3v) is 3.81. The molecule has 1 heterocycles. The highest BCUT2D eigenvalue weighted by Crippen LogP contribution is 2.18. The van der Waals surface area contributed by atoms with E-state index in [4.69, 9.17) is 16.6 Å². The predicted octanol–water partition coefficient (Wildman–Crippen LogP) is -0.0407. The van der Waals surface area contributed by atoms with Gasteiger partial charge in [-0.1, -0.05) is 30.3 Å². The first-order chi connectivity index (χ1) is 9.99. The van der Waals surface area contributed by atoms with E-state index in [1.165, 1.54) is 4.90 Å². The highest BCUT2D eigenvalue weighted by molar-refractivity contribution is 5.87. The molecule has 3 atom stereocenters. The summed E-state index contributed by atoms with van der Waals surface area (Å²) in [6.45, 7) is 0.259. The molecule has 2 rings (SSSR count). The molecule has 1 aliphatic heterocycles. The molecule has 0 spiro atoms. The van der Waals surface area contributed by atoms with Crippen LogP contribution in [0.5, 0.6) is 0 Å². The number of benzene rings is 1. The number of carbonyl (C=O) groups is 2. The molecule has 1 aromatic carbocycles. The number of carboxylic acid groups (broad SMARTS) is 1. The Labute approximate surface area is 123 Å². The summed E-state index contributed by atoms with van der Waals surface area (Å²) in [6.07, 6.45) is 1.46. The minimum atomic E-state index is -1.02. The normalized spacial score (nSPS) is 23.0. The fourth-order valence-corrected chi connectivity index (χ4v) is 2.65. The minimum Gasteiger partial charge on any atom is -0.480 e. The quantitative estimate of drug-likeness (QED) is 0.705. The molecule has 0 aromatic heterocycles. The zero-order chi connectivity index (χ0) is 15.4. The van der Waals surface area contributed by atoms with Crippen LogP contribution in [0.3, 0.4) is 0 Å². The SMILES string of the molecule is N[C@@H]1C[C@@H](C(=O)O)N(C(=O)[C@@H](N)CCc2ccccc2)C1. The third kappa shape index (κ3) is 3.80. The molecule has 6 nitrogen and oxygen atoms in total. The van der Waals surface area contributed by atoms with Crippen LogP contribution in [0.4, 0.5) is 0 Å². The van der Waals surface area contributed by atoms with Crippen LogP contribution in [0.25, 0.3) is 0 Å². The third-order valence-electron chi connectivity index (χ3n) is 3.81. The number of amides is 1. The van der Waals surface area contributed by atoms with E-state index in [1.54, 1.807) is 0 Å². The highest BCUT2D eigenvalue weighted by atomic mass is 16.4. The van der Waals surface area contributed by atoms with Crippen LogP contribution in [0.1, 0.15) is 18.4 Å². The maximum atomic E-state index is 12.3. The number of carbonyl (C=O) groups excluding carboxylic acids is 1. The smallest absolute Gasteiger partial charge is 0.326 e. The monoisotopic (exact) mass is 291 g/mol. The zero-order valence-corrected chi connectivity index (χ0v) is 11.8. The fraction of sp³-hybridized carbons (Fsp3) is 0.467. The maximum absolute atomic E-state index is 12.3. The second-order valence-electron chi connectivity index (χ2n) is 5.47. The van der Waals surface area contributed by atoms with Crippen molar-refractivity contribution in [1.29, 1.82) is 0 Å². The van der Waals surface area contributed by atoms with Gasteiger partial charge in [0.05, 0.1) is 6.04 Å². The van der Waals surface area contributed by atoms with Crippen molar-refractivity contribution < 1.29 is 14.7 Å². The second-order valence-corrected chi connectivity index (χ2v) is 5.47. The van der Waals surface area contributed by atoms with E-state index in [9.17, 15) is 9.59 Å². The standard InChI is InChI=1S/C15H21N3O3/c16-11-8-13(15(20)21)18(9-11)14(19)12(17)7-6-10-4-2-1-3-5-10/h1-5,11-13H,6-9,16-17H2,(H,20,21)/t11-,12+,13+/m1/s1. The number of aliphatic carboxylic acids is 1. The van der Waals surface area contributed by atoms with Crippen LogP contribution in [-0.2, 0) is 16.0 Å². The first-order valence-electron chi connectivity index (χ1n) is 7.07. The van der Waals surface area contributed by atoms with E-state index in [-0.39, 0.29) is 24.9 Å². The summed E-state index contributed by atoms with van der Waals surface area (Å²) < 4.78 is 0. The summed E-state index contributed by atoms with van der Waals surface area (Å²) in [5.41, 5.74) is 12.8. The van der Waals surface area contributed by atoms with Gasteiger partial charge in [0.2, 0.25) is 5.91 Å². The summed E-state index contributed by atoms with van der Waals surface area (Å²) in [7, 11) is 0. The van der Waals surface area contributed by atoms with Gasteiger partial charge in [0.25, 0.3) is 0 Å². The number of hydrogen-bond donors (Lipinski definition) is 3. The van der Waals surface area contributed by atoms with Gasteiger partial charge < -0.3 is 21.5 Å². The summed E-state index contributed by atoms with van der Waals surface area (Å²) in [4.78, 5) is 24.8. The lowest BCUT2D eigenvalue weighted by Crippen LogP contribution is -2.49. The van der Waals surface area contributed by atoms with E-state index in [1.807, 2.05) is 30.3 Å². The average molecular weight is 291 g/mol. The molecule has 1 aliphatic rings. The average Bonchev–Trinajstić information content (AvgIpc) is 2.87. The van der Waals surface area contributed by atoms with Gasteiger partial charge in [0.15, 0.2) is 0 Å². The Morgan fingerprint density at radius 3 is 2.62 bits per heavy atom. The number of likely N-dealkylation sites (tertiary alicyclic amines) is 1. The molecule has 0 radical (unpaired) electrons. The lowest BCUT2D eigenvalue weighted by atomic mass is 10.0. The Hall–Kier alpha value is -1.92. The van der Waals surface area contributed by atoms with Crippen molar-refractivity contribution in [2.75, 3.05) is 6.54 Å².